The van der Waals surface area contributed by atoms with Crippen LogP contribution in [-0.4, -0.2) is 25.8 Å². The number of nitrogens with one attached hydrogen (secondary N) is 2. The van der Waals surface area contributed by atoms with Crippen LogP contribution >= 0.6 is 11.3 Å². The maximum absolute atomic E-state index is 13.2. The normalized spacial score (nSPS) is 11.5. The number of alkyl halides is 3. The first-order chi connectivity index (χ1) is 16.4. The zero-order chi connectivity index (χ0) is 23.7. The number of carbonyl (C=O) groups is 1. The van der Waals surface area contributed by atoms with Gasteiger partial charge >= 0.3 is 12.2 Å². The van der Waals surface area contributed by atoms with Crippen molar-refractivity contribution in [3.05, 3.63) is 83.7 Å². The fraction of sp³-hybridized carbons (Fsp3) is 0.0435. The van der Waals surface area contributed by atoms with Crippen molar-refractivity contribution in [1.29, 1.82) is 0 Å². The van der Waals surface area contributed by atoms with Crippen molar-refractivity contribution in [3.63, 3.8) is 0 Å². The Morgan fingerprint density at radius 1 is 0.912 bits per heavy atom. The molecule has 34 heavy (non-hydrogen) atoms. The summed E-state index contributed by atoms with van der Waals surface area (Å²) < 4.78 is 41.2. The van der Waals surface area contributed by atoms with Crippen LogP contribution in [0.15, 0.2) is 78.2 Å². The predicted molar refractivity (Wildman–Crippen MR) is 124 cm³/mol. The van der Waals surface area contributed by atoms with E-state index >= 15 is 0 Å². The molecule has 0 atom stereocenters. The molecule has 0 bridgehead atoms. The second-order valence-electron chi connectivity index (χ2n) is 7.19. The van der Waals surface area contributed by atoms with Crippen LogP contribution in [0.25, 0.3) is 27.6 Å². The van der Waals surface area contributed by atoms with Crippen molar-refractivity contribution in [3.8, 4) is 22.0 Å². The summed E-state index contributed by atoms with van der Waals surface area (Å²) >= 11 is 1.52. The molecular weight excluding hydrogens is 465 g/mol. The lowest BCUT2D eigenvalue weighted by Gasteiger charge is -2.14. The molecule has 3 heterocycles. The minimum Gasteiger partial charge on any atom is -0.308 e. The van der Waals surface area contributed by atoms with Gasteiger partial charge in [0, 0.05) is 11.3 Å². The number of hydrogen-bond acceptors (Lipinski definition) is 5. The van der Waals surface area contributed by atoms with E-state index in [0.717, 1.165) is 10.9 Å². The number of aromatic nitrogens is 4. The number of hydrogen-bond donors (Lipinski definition) is 2. The molecule has 0 fully saturated rings. The van der Waals surface area contributed by atoms with E-state index in [1.54, 1.807) is 34.8 Å². The Kier molecular flexibility index (Phi) is 5.46. The van der Waals surface area contributed by atoms with Crippen molar-refractivity contribution in [2.24, 2.45) is 0 Å². The molecule has 170 valence electrons. The van der Waals surface area contributed by atoms with Gasteiger partial charge in [-0.25, -0.2) is 4.79 Å². The number of halogens is 3. The fourth-order valence-corrected chi connectivity index (χ4v) is 4.08. The number of carbonyl (C=O) groups excluding carboxylic acids is 1. The number of thiophene rings is 1. The highest BCUT2D eigenvalue weighted by molar-refractivity contribution is 7.13. The highest BCUT2D eigenvalue weighted by atomic mass is 32.1. The topological polar surface area (TPSA) is 84.2 Å². The summed E-state index contributed by atoms with van der Waals surface area (Å²) in [7, 11) is 0. The van der Waals surface area contributed by atoms with Crippen molar-refractivity contribution < 1.29 is 18.0 Å². The van der Waals surface area contributed by atoms with E-state index in [0.29, 0.717) is 28.4 Å². The monoisotopic (exact) mass is 480 g/mol. The minimum absolute atomic E-state index is 0.329. The lowest BCUT2D eigenvalue weighted by molar-refractivity contribution is -0.136. The molecule has 0 unspecified atom stereocenters. The van der Waals surface area contributed by atoms with E-state index in [4.69, 9.17) is 0 Å². The number of urea groups is 1. The maximum atomic E-state index is 13.2. The number of nitrogens with zero attached hydrogens (tertiary/aromatic N) is 4. The summed E-state index contributed by atoms with van der Waals surface area (Å²) in [4.78, 5) is 13.3. The van der Waals surface area contributed by atoms with Gasteiger partial charge in [-0.1, -0.05) is 30.3 Å². The Morgan fingerprint density at radius 3 is 2.56 bits per heavy atom. The first-order valence-electron chi connectivity index (χ1n) is 9.99. The van der Waals surface area contributed by atoms with Gasteiger partial charge in [0.2, 0.25) is 0 Å². The van der Waals surface area contributed by atoms with Gasteiger partial charge in [0.05, 0.1) is 21.8 Å². The van der Waals surface area contributed by atoms with Gasteiger partial charge in [-0.15, -0.1) is 21.5 Å². The molecule has 0 aliphatic rings. The van der Waals surface area contributed by atoms with Crippen LogP contribution in [0.1, 0.15) is 5.56 Å². The molecular formula is C23H15F3N6OS. The molecule has 0 spiro atoms. The number of amides is 2. The second-order valence-corrected chi connectivity index (χ2v) is 8.14. The third-order valence-corrected chi connectivity index (χ3v) is 5.77. The van der Waals surface area contributed by atoms with Crippen molar-refractivity contribution in [2.75, 3.05) is 10.6 Å². The number of benzene rings is 2. The third kappa shape index (κ3) is 4.33. The molecule has 2 N–H and O–H groups in total. The molecule has 2 amide bonds. The molecule has 0 radical (unpaired) electrons. The Hall–Kier alpha value is -4.25. The molecule has 7 nitrogen and oxygen atoms in total. The van der Waals surface area contributed by atoms with Gasteiger partial charge in [0.25, 0.3) is 0 Å². The highest BCUT2D eigenvalue weighted by Gasteiger charge is 2.33. The lowest BCUT2D eigenvalue weighted by atomic mass is 10.1. The molecule has 5 aromatic rings. The summed E-state index contributed by atoms with van der Waals surface area (Å²) in [5.74, 6) is 0.615. The maximum Gasteiger partial charge on any atom is 0.418 e. The van der Waals surface area contributed by atoms with E-state index in [9.17, 15) is 18.0 Å². The Labute approximate surface area is 194 Å². The summed E-state index contributed by atoms with van der Waals surface area (Å²) in [6.07, 6.45) is -4.59. The van der Waals surface area contributed by atoms with Gasteiger partial charge < -0.3 is 10.6 Å². The van der Waals surface area contributed by atoms with Crippen molar-refractivity contribution in [2.45, 2.75) is 6.18 Å². The van der Waals surface area contributed by atoms with Crippen LogP contribution in [0.5, 0.6) is 0 Å². The molecule has 5 rings (SSSR count). The standard InChI is InChI=1S/C23H15F3N6OS/c24-23(25,26)16-7-1-2-8-18(16)28-22(33)27-15-6-3-5-14(13-15)17-10-11-20-29-30-21(32(20)31-17)19-9-4-12-34-19/h1-13H,(H2,27,28,33). The molecule has 0 saturated heterocycles. The smallest absolute Gasteiger partial charge is 0.308 e. The summed E-state index contributed by atoms with van der Waals surface area (Å²) in [5.41, 5.74) is 1.03. The molecule has 3 aromatic heterocycles. The van der Waals surface area contributed by atoms with Crippen LogP contribution in [0, 0.1) is 0 Å². The molecule has 0 saturated carbocycles. The number of fused-ring (bicyclic) bond motifs is 1. The zero-order valence-corrected chi connectivity index (χ0v) is 18.1. The van der Waals surface area contributed by atoms with Crippen LogP contribution in [0.2, 0.25) is 0 Å². The van der Waals surface area contributed by atoms with E-state index in [-0.39, 0.29) is 5.69 Å². The number of rotatable bonds is 4. The molecule has 0 aliphatic carbocycles. The lowest BCUT2D eigenvalue weighted by Crippen LogP contribution is -2.21. The number of anilines is 2. The average Bonchev–Trinajstić information content (AvgIpc) is 3.48. The quantitative estimate of drug-likeness (QED) is 0.322. The van der Waals surface area contributed by atoms with E-state index in [2.05, 4.69) is 25.9 Å². The van der Waals surface area contributed by atoms with Gasteiger partial charge in [-0.3, -0.25) is 0 Å². The van der Waals surface area contributed by atoms with Gasteiger partial charge in [0.15, 0.2) is 11.5 Å². The van der Waals surface area contributed by atoms with Crippen LogP contribution in [0.4, 0.5) is 29.3 Å². The fourth-order valence-electron chi connectivity index (χ4n) is 3.38. The Balaban J connectivity index is 1.39. The zero-order valence-electron chi connectivity index (χ0n) is 17.2. The number of para-hydroxylation sites is 1. The minimum atomic E-state index is -4.59. The van der Waals surface area contributed by atoms with E-state index in [1.165, 1.54) is 29.5 Å². The highest BCUT2D eigenvalue weighted by Crippen LogP contribution is 2.34. The Bertz CT molecular complexity index is 1480. The van der Waals surface area contributed by atoms with Crippen molar-refractivity contribution in [1.82, 2.24) is 19.8 Å². The summed E-state index contributed by atoms with van der Waals surface area (Å²) in [6.45, 7) is 0. The van der Waals surface area contributed by atoms with Gasteiger partial charge in [-0.2, -0.15) is 22.8 Å². The molecule has 11 heteroatoms. The van der Waals surface area contributed by atoms with E-state index < -0.39 is 17.8 Å². The third-order valence-electron chi connectivity index (χ3n) is 4.90. The first kappa shape index (κ1) is 21.6. The van der Waals surface area contributed by atoms with Crippen LogP contribution in [0.3, 0.4) is 0 Å². The van der Waals surface area contributed by atoms with Gasteiger partial charge in [-0.05, 0) is 47.8 Å². The molecule has 2 aromatic carbocycles. The summed E-state index contributed by atoms with van der Waals surface area (Å²) in [5, 5.41) is 19.8. The van der Waals surface area contributed by atoms with E-state index in [1.807, 2.05) is 23.6 Å². The average molecular weight is 480 g/mol. The second kappa shape index (κ2) is 8.60. The van der Waals surface area contributed by atoms with Crippen LogP contribution in [-0.2, 0) is 6.18 Å². The predicted octanol–water partition coefficient (Wildman–Crippen LogP) is 6.18. The SMILES string of the molecule is O=C(Nc1cccc(-c2ccc3nnc(-c4cccs4)n3n2)c1)Nc1ccccc1C(F)(F)F. The Morgan fingerprint density at radius 2 is 1.76 bits per heavy atom. The molecule has 0 aliphatic heterocycles. The van der Waals surface area contributed by atoms with Gasteiger partial charge in [0.1, 0.15) is 0 Å². The largest absolute Gasteiger partial charge is 0.418 e. The van der Waals surface area contributed by atoms with Crippen LogP contribution < -0.4 is 10.6 Å². The summed E-state index contributed by atoms with van der Waals surface area (Å²) in [6, 6.07) is 18.2. The first-order valence-corrected chi connectivity index (χ1v) is 10.9. The van der Waals surface area contributed by atoms with Crippen molar-refractivity contribution >= 4 is 34.4 Å².